The van der Waals surface area contributed by atoms with Gasteiger partial charge in [0.2, 0.25) is 0 Å². The summed E-state index contributed by atoms with van der Waals surface area (Å²) >= 11 is 0. The molecule has 6 heteroatoms. The van der Waals surface area contributed by atoms with Crippen molar-refractivity contribution in [1.29, 1.82) is 5.26 Å². The maximum atomic E-state index is 9.03. The molecule has 28 heavy (non-hydrogen) atoms. The Kier molecular flexibility index (Phi) is 3.59. The van der Waals surface area contributed by atoms with E-state index < -0.39 is 0 Å². The zero-order valence-corrected chi connectivity index (χ0v) is 15.2. The maximum Gasteiger partial charge on any atom is 0.145 e. The van der Waals surface area contributed by atoms with Gasteiger partial charge in [-0.1, -0.05) is 12.1 Å². The number of nitriles is 1. The van der Waals surface area contributed by atoms with Gasteiger partial charge in [0.15, 0.2) is 0 Å². The van der Waals surface area contributed by atoms with Crippen LogP contribution >= 0.6 is 0 Å². The van der Waals surface area contributed by atoms with Gasteiger partial charge in [-0.3, -0.25) is 4.40 Å². The van der Waals surface area contributed by atoms with Crippen molar-refractivity contribution in [2.75, 3.05) is 5.32 Å². The highest BCUT2D eigenvalue weighted by atomic mass is 15.1. The van der Waals surface area contributed by atoms with Crippen LogP contribution in [0.5, 0.6) is 0 Å². The van der Waals surface area contributed by atoms with Crippen LogP contribution in [0.4, 0.5) is 11.5 Å². The van der Waals surface area contributed by atoms with Crippen LogP contribution in [0.15, 0.2) is 73.1 Å². The van der Waals surface area contributed by atoms with E-state index in [0.717, 1.165) is 39.9 Å². The lowest BCUT2D eigenvalue weighted by molar-refractivity contribution is 1.04. The number of imidazole rings is 2. The van der Waals surface area contributed by atoms with Crippen molar-refractivity contribution >= 4 is 22.7 Å². The van der Waals surface area contributed by atoms with Gasteiger partial charge in [0.25, 0.3) is 0 Å². The number of nitrogens with zero attached hydrogens (tertiary/aromatic N) is 5. The number of anilines is 2. The topological polar surface area (TPSA) is 70.4 Å². The molecule has 4 heterocycles. The Morgan fingerprint density at radius 1 is 0.857 bits per heavy atom. The van der Waals surface area contributed by atoms with E-state index in [1.807, 2.05) is 72.2 Å². The number of hydrogen-bond donors (Lipinski definition) is 1. The second-order valence-electron chi connectivity index (χ2n) is 6.52. The van der Waals surface area contributed by atoms with Crippen molar-refractivity contribution in [3.05, 3.63) is 84.4 Å². The number of aromatic nitrogens is 4. The van der Waals surface area contributed by atoms with E-state index in [9.17, 15) is 0 Å². The summed E-state index contributed by atoms with van der Waals surface area (Å²) in [6.07, 6.45) is 3.98. The van der Waals surface area contributed by atoms with Gasteiger partial charge in [-0.15, -0.1) is 0 Å². The molecule has 0 aliphatic heterocycles. The summed E-state index contributed by atoms with van der Waals surface area (Å²) in [5, 5.41) is 12.5. The van der Waals surface area contributed by atoms with Crippen LogP contribution < -0.4 is 5.32 Å². The van der Waals surface area contributed by atoms with Crippen molar-refractivity contribution in [3.63, 3.8) is 0 Å². The van der Waals surface area contributed by atoms with Crippen LogP contribution in [-0.2, 0) is 0 Å². The fraction of sp³-hybridized carbons (Fsp3) is 0.0455. The average Bonchev–Trinajstić information content (AvgIpc) is 3.27. The Labute approximate surface area is 161 Å². The number of pyridine rings is 2. The number of benzene rings is 1. The zero-order valence-electron chi connectivity index (χ0n) is 15.2. The summed E-state index contributed by atoms with van der Waals surface area (Å²) in [5.74, 6) is 1.75. The van der Waals surface area contributed by atoms with E-state index in [0.29, 0.717) is 5.56 Å². The monoisotopic (exact) mass is 364 g/mol. The summed E-state index contributed by atoms with van der Waals surface area (Å²) < 4.78 is 4.07. The first-order chi connectivity index (χ1) is 13.7. The van der Waals surface area contributed by atoms with E-state index in [2.05, 4.69) is 15.8 Å². The average molecular weight is 364 g/mol. The molecule has 1 N–H and O–H groups in total. The van der Waals surface area contributed by atoms with Gasteiger partial charge in [-0.2, -0.15) is 5.26 Å². The minimum absolute atomic E-state index is 0.625. The number of aryl methyl sites for hydroxylation is 1. The van der Waals surface area contributed by atoms with Gasteiger partial charge in [0.1, 0.15) is 28.7 Å². The molecular formula is C22H16N6. The van der Waals surface area contributed by atoms with E-state index in [4.69, 9.17) is 15.2 Å². The Morgan fingerprint density at radius 3 is 2.39 bits per heavy atom. The summed E-state index contributed by atoms with van der Waals surface area (Å²) in [6, 6.07) is 21.5. The quantitative estimate of drug-likeness (QED) is 0.509. The fourth-order valence-corrected chi connectivity index (χ4v) is 3.41. The van der Waals surface area contributed by atoms with Crippen LogP contribution in [0.1, 0.15) is 11.4 Å². The maximum absolute atomic E-state index is 9.03. The van der Waals surface area contributed by atoms with Gasteiger partial charge >= 0.3 is 0 Å². The number of fused-ring (bicyclic) bond motifs is 2. The van der Waals surface area contributed by atoms with Gasteiger partial charge in [0, 0.05) is 18.1 Å². The van der Waals surface area contributed by atoms with Crippen LogP contribution in [0.2, 0.25) is 0 Å². The summed E-state index contributed by atoms with van der Waals surface area (Å²) in [4.78, 5) is 9.64. The minimum atomic E-state index is 0.625. The van der Waals surface area contributed by atoms with Gasteiger partial charge < -0.3 is 9.72 Å². The van der Waals surface area contributed by atoms with Crippen molar-refractivity contribution in [2.45, 2.75) is 6.92 Å². The molecule has 0 atom stereocenters. The standard InChI is InChI=1S/C22H16N6/c1-15-24-20(18-6-2-4-12-27(15)18)21-22(28-13-5-3-7-19(28)26-21)25-17-10-8-16(14-23)9-11-17/h2-13,25H,1H3. The summed E-state index contributed by atoms with van der Waals surface area (Å²) in [7, 11) is 0. The lowest BCUT2D eigenvalue weighted by Gasteiger charge is -2.08. The Hall–Kier alpha value is -4.11. The Balaban J connectivity index is 1.72. The van der Waals surface area contributed by atoms with Crippen LogP contribution in [-0.4, -0.2) is 18.8 Å². The van der Waals surface area contributed by atoms with E-state index in [-0.39, 0.29) is 0 Å². The minimum Gasteiger partial charge on any atom is -0.339 e. The number of hydrogen-bond acceptors (Lipinski definition) is 4. The largest absolute Gasteiger partial charge is 0.339 e. The molecule has 0 spiro atoms. The summed E-state index contributed by atoms with van der Waals surface area (Å²) in [6.45, 7) is 1.99. The normalized spacial score (nSPS) is 11.0. The fourth-order valence-electron chi connectivity index (χ4n) is 3.41. The molecule has 0 fully saturated rings. The third kappa shape index (κ3) is 2.49. The van der Waals surface area contributed by atoms with Crippen LogP contribution in [0, 0.1) is 18.3 Å². The van der Waals surface area contributed by atoms with Crippen molar-refractivity contribution in [1.82, 2.24) is 18.8 Å². The molecule has 1 aromatic carbocycles. The van der Waals surface area contributed by atoms with Crippen molar-refractivity contribution in [2.24, 2.45) is 0 Å². The van der Waals surface area contributed by atoms with Crippen LogP contribution in [0.25, 0.3) is 22.6 Å². The second-order valence-corrected chi connectivity index (χ2v) is 6.52. The third-order valence-corrected chi connectivity index (χ3v) is 4.76. The molecule has 0 amide bonds. The Morgan fingerprint density at radius 2 is 1.61 bits per heavy atom. The highest BCUT2D eigenvalue weighted by Gasteiger charge is 2.19. The first kappa shape index (κ1) is 16.1. The molecule has 5 aromatic rings. The van der Waals surface area contributed by atoms with Crippen molar-refractivity contribution < 1.29 is 0 Å². The molecular weight excluding hydrogens is 348 g/mol. The molecule has 6 nitrogen and oxygen atoms in total. The van der Waals surface area contributed by atoms with Crippen molar-refractivity contribution in [3.8, 4) is 17.5 Å². The smallest absolute Gasteiger partial charge is 0.145 e. The molecule has 0 radical (unpaired) electrons. The van der Waals surface area contributed by atoms with Gasteiger partial charge in [-0.25, -0.2) is 9.97 Å². The summed E-state index contributed by atoms with van der Waals surface area (Å²) in [5.41, 5.74) is 4.96. The molecule has 0 saturated heterocycles. The number of rotatable bonds is 3. The molecule has 0 unspecified atom stereocenters. The van der Waals surface area contributed by atoms with E-state index in [1.165, 1.54) is 0 Å². The number of nitrogens with one attached hydrogen (secondary N) is 1. The molecule has 4 aromatic heterocycles. The second kappa shape index (κ2) is 6.25. The highest BCUT2D eigenvalue weighted by molar-refractivity contribution is 5.86. The Bertz CT molecular complexity index is 1350. The first-order valence-electron chi connectivity index (χ1n) is 8.93. The lowest BCUT2D eigenvalue weighted by atomic mass is 10.2. The predicted octanol–water partition coefficient (Wildman–Crippen LogP) is 4.57. The molecule has 0 saturated carbocycles. The molecule has 0 aliphatic carbocycles. The predicted molar refractivity (Wildman–Crippen MR) is 109 cm³/mol. The van der Waals surface area contributed by atoms with E-state index in [1.54, 1.807) is 12.1 Å². The molecule has 0 bridgehead atoms. The van der Waals surface area contributed by atoms with Gasteiger partial charge in [0.05, 0.1) is 17.1 Å². The highest BCUT2D eigenvalue weighted by Crippen LogP contribution is 2.33. The van der Waals surface area contributed by atoms with E-state index >= 15 is 0 Å². The molecule has 134 valence electrons. The lowest BCUT2D eigenvalue weighted by Crippen LogP contribution is -1.97. The van der Waals surface area contributed by atoms with Crippen LogP contribution in [0.3, 0.4) is 0 Å². The molecule has 5 rings (SSSR count). The first-order valence-corrected chi connectivity index (χ1v) is 8.93. The SMILES string of the molecule is Cc1nc(-c2nc3ccccn3c2Nc2ccc(C#N)cc2)c2ccccn12. The van der Waals surface area contributed by atoms with Gasteiger partial charge in [-0.05, 0) is 55.5 Å². The third-order valence-electron chi connectivity index (χ3n) is 4.76. The molecule has 0 aliphatic rings. The zero-order chi connectivity index (χ0) is 19.1.